The second kappa shape index (κ2) is 12.8. The number of carbonyl (C=O) groups is 3. The summed E-state index contributed by atoms with van der Waals surface area (Å²) in [6.07, 6.45) is 5.38. The van der Waals surface area contributed by atoms with E-state index in [1.807, 2.05) is 32.9 Å². The lowest BCUT2D eigenvalue weighted by Gasteiger charge is -2.36. The summed E-state index contributed by atoms with van der Waals surface area (Å²) in [7, 11) is 0. The van der Waals surface area contributed by atoms with Gasteiger partial charge in [0.15, 0.2) is 0 Å². The molecular formula is C26H43N3O6. The minimum absolute atomic E-state index is 0.000233. The molecule has 2 saturated heterocycles. The molecule has 0 spiro atoms. The molecule has 2 heterocycles. The van der Waals surface area contributed by atoms with Gasteiger partial charge in [0.1, 0.15) is 6.04 Å². The highest BCUT2D eigenvalue weighted by Gasteiger charge is 2.59. The topological polar surface area (TPSA) is 108 Å². The van der Waals surface area contributed by atoms with Crippen molar-refractivity contribution >= 4 is 17.8 Å². The van der Waals surface area contributed by atoms with Crippen molar-refractivity contribution in [3.63, 3.8) is 0 Å². The standard InChI is InChI=1S/C26H43N3O6/c1-5-17(4)20(16-30)29-23(24(31)27-10-11-28-12-14-34-15-13-28)19-9-8-18(6-2)21(22(19)25(29)32)26(33)35-7-3/h8-9,17-23,30H,5-7,10-16H2,1-4H3,(H,27,31)/t17-,18+,19-,20-,21+,22-,23-/m0/s1. The fourth-order valence-corrected chi connectivity index (χ4v) is 5.83. The molecule has 1 aliphatic carbocycles. The Hall–Kier alpha value is -1.97. The molecule has 0 bridgehead atoms. The largest absolute Gasteiger partial charge is 0.466 e. The third kappa shape index (κ3) is 5.89. The highest BCUT2D eigenvalue weighted by Crippen LogP contribution is 2.46. The number of hydrogen-bond acceptors (Lipinski definition) is 7. The molecule has 198 valence electrons. The number of esters is 1. The summed E-state index contributed by atoms with van der Waals surface area (Å²) >= 11 is 0. The molecule has 0 aromatic carbocycles. The second-order valence-corrected chi connectivity index (χ2v) is 9.91. The van der Waals surface area contributed by atoms with Crippen LogP contribution in [0.25, 0.3) is 0 Å². The summed E-state index contributed by atoms with van der Waals surface area (Å²) in [5.41, 5.74) is 0. The van der Waals surface area contributed by atoms with Crippen molar-refractivity contribution in [3.8, 4) is 0 Å². The first-order valence-electron chi connectivity index (χ1n) is 13.2. The van der Waals surface area contributed by atoms with Crippen molar-refractivity contribution in [2.75, 3.05) is 52.6 Å². The minimum atomic E-state index is -0.769. The van der Waals surface area contributed by atoms with Gasteiger partial charge in [0.25, 0.3) is 0 Å². The van der Waals surface area contributed by atoms with Gasteiger partial charge in [-0.3, -0.25) is 19.3 Å². The van der Waals surface area contributed by atoms with Crippen LogP contribution in [0, 0.1) is 29.6 Å². The molecule has 0 unspecified atom stereocenters. The molecule has 35 heavy (non-hydrogen) atoms. The van der Waals surface area contributed by atoms with Crippen LogP contribution in [0.1, 0.15) is 40.5 Å². The van der Waals surface area contributed by atoms with E-state index in [4.69, 9.17) is 9.47 Å². The number of aliphatic hydroxyl groups excluding tert-OH is 1. The van der Waals surface area contributed by atoms with Crippen LogP contribution in [0.15, 0.2) is 12.2 Å². The van der Waals surface area contributed by atoms with Crippen molar-refractivity contribution in [2.24, 2.45) is 29.6 Å². The lowest BCUT2D eigenvalue weighted by molar-refractivity contribution is -0.156. The van der Waals surface area contributed by atoms with E-state index in [-0.39, 0.29) is 42.8 Å². The summed E-state index contributed by atoms with van der Waals surface area (Å²) in [5, 5.41) is 13.3. The molecule has 9 nitrogen and oxygen atoms in total. The molecule has 2 amide bonds. The van der Waals surface area contributed by atoms with Crippen LogP contribution in [0.5, 0.6) is 0 Å². The average molecular weight is 494 g/mol. The van der Waals surface area contributed by atoms with Gasteiger partial charge in [-0.1, -0.05) is 39.3 Å². The number of allylic oxidation sites excluding steroid dienone is 1. The van der Waals surface area contributed by atoms with Crippen LogP contribution in [-0.4, -0.2) is 97.4 Å². The molecule has 2 aliphatic heterocycles. The Morgan fingerprint density at radius 1 is 1.23 bits per heavy atom. The molecule has 0 aromatic heterocycles. The van der Waals surface area contributed by atoms with Crippen molar-refractivity contribution in [2.45, 2.75) is 52.6 Å². The molecule has 0 radical (unpaired) electrons. The SMILES string of the molecule is CCOC(=O)[C@H]1[C@H]2C(=O)N([C@@H](CO)[C@@H](C)CC)[C@H](C(=O)NCCN3CCOCC3)[C@H]2C=C[C@H]1CC. The number of nitrogens with one attached hydrogen (secondary N) is 1. The molecule has 3 rings (SSSR count). The van der Waals surface area contributed by atoms with E-state index in [0.29, 0.717) is 32.7 Å². The predicted molar refractivity (Wildman–Crippen MR) is 131 cm³/mol. The fraction of sp³-hybridized carbons (Fsp3) is 0.808. The van der Waals surface area contributed by atoms with Crippen LogP contribution in [0.2, 0.25) is 0 Å². The molecule has 2 fully saturated rings. The van der Waals surface area contributed by atoms with Gasteiger partial charge in [-0.15, -0.1) is 0 Å². The number of ether oxygens (including phenoxy) is 2. The van der Waals surface area contributed by atoms with Crippen molar-refractivity contribution in [1.29, 1.82) is 0 Å². The zero-order valence-electron chi connectivity index (χ0n) is 21.7. The van der Waals surface area contributed by atoms with Gasteiger partial charge in [-0.25, -0.2) is 0 Å². The van der Waals surface area contributed by atoms with Gasteiger partial charge >= 0.3 is 5.97 Å². The Labute approximate surface area is 209 Å². The zero-order chi connectivity index (χ0) is 25.5. The highest BCUT2D eigenvalue weighted by atomic mass is 16.5. The van der Waals surface area contributed by atoms with E-state index in [9.17, 15) is 19.5 Å². The number of likely N-dealkylation sites (tertiary alicyclic amines) is 1. The van der Waals surface area contributed by atoms with Gasteiger partial charge in [0, 0.05) is 32.1 Å². The summed E-state index contributed by atoms with van der Waals surface area (Å²) in [6, 6.07) is -1.27. The van der Waals surface area contributed by atoms with Crippen LogP contribution < -0.4 is 5.32 Å². The summed E-state index contributed by atoms with van der Waals surface area (Å²) < 4.78 is 10.8. The second-order valence-electron chi connectivity index (χ2n) is 9.91. The Morgan fingerprint density at radius 3 is 2.54 bits per heavy atom. The zero-order valence-corrected chi connectivity index (χ0v) is 21.7. The third-order valence-electron chi connectivity index (χ3n) is 8.02. The van der Waals surface area contributed by atoms with Gasteiger partial charge in [-0.05, 0) is 25.2 Å². The summed E-state index contributed by atoms with van der Waals surface area (Å²) in [6.45, 7) is 12.0. The minimum Gasteiger partial charge on any atom is -0.466 e. The molecular weight excluding hydrogens is 450 g/mol. The molecule has 0 saturated carbocycles. The number of morpholine rings is 1. The van der Waals surface area contributed by atoms with Gasteiger partial charge in [0.2, 0.25) is 11.8 Å². The van der Waals surface area contributed by atoms with Crippen molar-refractivity contribution in [1.82, 2.24) is 15.1 Å². The predicted octanol–water partition coefficient (Wildman–Crippen LogP) is 1.06. The fourth-order valence-electron chi connectivity index (χ4n) is 5.83. The molecule has 7 atom stereocenters. The van der Waals surface area contributed by atoms with Gasteiger partial charge < -0.3 is 24.8 Å². The first kappa shape index (κ1) is 27.6. The van der Waals surface area contributed by atoms with E-state index in [1.54, 1.807) is 11.8 Å². The van der Waals surface area contributed by atoms with Crippen LogP contribution in [0.3, 0.4) is 0 Å². The average Bonchev–Trinajstić information content (AvgIpc) is 3.16. The number of nitrogens with zero attached hydrogens (tertiary/aromatic N) is 2. The molecule has 3 aliphatic rings. The monoisotopic (exact) mass is 493 g/mol. The number of aliphatic hydroxyl groups is 1. The van der Waals surface area contributed by atoms with Crippen LogP contribution in [-0.2, 0) is 23.9 Å². The number of rotatable bonds is 11. The highest BCUT2D eigenvalue weighted by molar-refractivity contribution is 5.96. The maximum Gasteiger partial charge on any atom is 0.310 e. The van der Waals surface area contributed by atoms with Crippen LogP contribution in [0.4, 0.5) is 0 Å². The van der Waals surface area contributed by atoms with Crippen molar-refractivity contribution < 1.29 is 29.0 Å². The first-order chi connectivity index (χ1) is 16.9. The summed E-state index contributed by atoms with van der Waals surface area (Å²) in [5.74, 6) is -2.72. The van der Waals surface area contributed by atoms with E-state index in [0.717, 1.165) is 19.5 Å². The number of carbonyl (C=O) groups excluding carboxylic acids is 3. The normalized spacial score (nSPS) is 30.6. The lowest BCUT2D eigenvalue weighted by atomic mass is 9.69. The number of amides is 2. The number of fused-ring (bicyclic) bond motifs is 1. The molecule has 0 aromatic rings. The Morgan fingerprint density at radius 2 is 1.94 bits per heavy atom. The van der Waals surface area contributed by atoms with E-state index in [2.05, 4.69) is 10.2 Å². The van der Waals surface area contributed by atoms with E-state index >= 15 is 0 Å². The third-order valence-corrected chi connectivity index (χ3v) is 8.02. The first-order valence-corrected chi connectivity index (χ1v) is 13.2. The quantitative estimate of drug-likeness (QED) is 0.327. The van der Waals surface area contributed by atoms with Crippen molar-refractivity contribution in [3.05, 3.63) is 12.2 Å². The van der Waals surface area contributed by atoms with E-state index < -0.39 is 29.8 Å². The maximum absolute atomic E-state index is 13.9. The number of hydrogen-bond donors (Lipinski definition) is 2. The smallest absolute Gasteiger partial charge is 0.310 e. The Balaban J connectivity index is 1.89. The van der Waals surface area contributed by atoms with Crippen LogP contribution >= 0.6 is 0 Å². The Bertz CT molecular complexity index is 768. The maximum atomic E-state index is 13.9. The van der Waals surface area contributed by atoms with Gasteiger partial charge in [-0.2, -0.15) is 0 Å². The molecule has 9 heteroatoms. The summed E-state index contributed by atoms with van der Waals surface area (Å²) in [4.78, 5) is 44.4. The van der Waals surface area contributed by atoms with E-state index in [1.165, 1.54) is 0 Å². The lowest BCUT2D eigenvalue weighted by Crippen LogP contribution is -2.55. The molecule has 2 N–H and O–H groups in total. The Kier molecular flexibility index (Phi) is 10.1. The van der Waals surface area contributed by atoms with Gasteiger partial charge in [0.05, 0.1) is 44.3 Å².